The third kappa shape index (κ3) is 1.27. The molecule has 62 valence electrons. The van der Waals surface area contributed by atoms with E-state index in [1.54, 1.807) is 0 Å². The molecule has 0 aromatic heterocycles. The Morgan fingerprint density at radius 2 is 2.08 bits per heavy atom. The molecule has 0 unspecified atom stereocenters. The smallest absolute Gasteiger partial charge is 0.280 e. The fraction of sp³-hybridized carbons (Fsp3) is 0. The highest BCUT2D eigenvalue weighted by molar-refractivity contribution is 5.99. The van der Waals surface area contributed by atoms with E-state index in [-0.39, 0.29) is 11.3 Å². The van der Waals surface area contributed by atoms with Gasteiger partial charge >= 0.3 is 0 Å². The Hall–Kier alpha value is -1.84. The van der Waals surface area contributed by atoms with Gasteiger partial charge in [-0.25, -0.2) is 4.99 Å². The average molecular weight is 165 g/mol. The molecule has 0 fully saturated rings. The number of hydrogen-bond donors (Lipinski definition) is 2. The van der Waals surface area contributed by atoms with Crippen molar-refractivity contribution in [2.75, 3.05) is 0 Å². The summed E-state index contributed by atoms with van der Waals surface area (Å²) in [5.41, 5.74) is -0.0509. The van der Waals surface area contributed by atoms with Crippen LogP contribution in [0.3, 0.4) is 0 Å². The van der Waals surface area contributed by atoms with Crippen molar-refractivity contribution >= 4 is 12.6 Å². The largest absolute Gasteiger partial charge is 0.504 e. The third-order valence-corrected chi connectivity index (χ3v) is 1.39. The molecule has 0 radical (unpaired) electrons. The molecular formula is C8H7NO3. The molecule has 4 heteroatoms. The van der Waals surface area contributed by atoms with Gasteiger partial charge < -0.3 is 10.2 Å². The van der Waals surface area contributed by atoms with Crippen molar-refractivity contribution < 1.29 is 15.0 Å². The predicted molar refractivity (Wildman–Crippen MR) is 43.7 cm³/mol. The summed E-state index contributed by atoms with van der Waals surface area (Å²) in [7, 11) is 0. The van der Waals surface area contributed by atoms with E-state index in [2.05, 4.69) is 11.7 Å². The van der Waals surface area contributed by atoms with E-state index < -0.39 is 11.7 Å². The minimum absolute atomic E-state index is 0.0509. The van der Waals surface area contributed by atoms with Crippen LogP contribution in [0.2, 0.25) is 0 Å². The first kappa shape index (κ1) is 8.26. The van der Waals surface area contributed by atoms with Gasteiger partial charge in [0.1, 0.15) is 0 Å². The number of phenolic OH excluding ortho intramolecular Hbond substituents is 2. The van der Waals surface area contributed by atoms with Crippen molar-refractivity contribution in [1.29, 1.82) is 0 Å². The van der Waals surface area contributed by atoms with E-state index in [1.165, 1.54) is 18.2 Å². The Kier molecular flexibility index (Phi) is 2.09. The molecule has 1 amide bonds. The Bertz CT molecular complexity index is 333. The summed E-state index contributed by atoms with van der Waals surface area (Å²) in [6.45, 7) is 3.02. The van der Waals surface area contributed by atoms with Crippen LogP contribution in [0.25, 0.3) is 0 Å². The molecule has 0 bridgehead atoms. The van der Waals surface area contributed by atoms with Gasteiger partial charge in [-0.3, -0.25) is 4.79 Å². The number of nitrogens with zero attached hydrogens (tertiary/aromatic N) is 1. The Morgan fingerprint density at radius 1 is 1.42 bits per heavy atom. The molecule has 0 aliphatic rings. The Morgan fingerprint density at radius 3 is 2.67 bits per heavy atom. The first-order valence-corrected chi connectivity index (χ1v) is 3.19. The number of aromatic hydroxyl groups is 2. The molecule has 0 atom stereocenters. The molecular weight excluding hydrogens is 158 g/mol. The van der Waals surface area contributed by atoms with Gasteiger partial charge in [-0.1, -0.05) is 6.07 Å². The second kappa shape index (κ2) is 3.04. The third-order valence-electron chi connectivity index (χ3n) is 1.39. The topological polar surface area (TPSA) is 69.9 Å². The van der Waals surface area contributed by atoms with Crippen LogP contribution in [-0.2, 0) is 0 Å². The molecule has 0 saturated carbocycles. The van der Waals surface area contributed by atoms with Gasteiger partial charge in [-0.05, 0) is 18.9 Å². The number of amides is 1. The fourth-order valence-corrected chi connectivity index (χ4v) is 0.789. The molecule has 12 heavy (non-hydrogen) atoms. The summed E-state index contributed by atoms with van der Waals surface area (Å²) < 4.78 is 0. The predicted octanol–water partition coefficient (Wildman–Crippen LogP) is 0.939. The maximum Gasteiger partial charge on any atom is 0.280 e. The lowest BCUT2D eigenvalue weighted by atomic mass is 10.2. The van der Waals surface area contributed by atoms with Crippen LogP contribution >= 0.6 is 0 Å². The number of aliphatic imine (C=N–C) groups is 1. The molecule has 0 spiro atoms. The van der Waals surface area contributed by atoms with Gasteiger partial charge in [-0.2, -0.15) is 0 Å². The Labute approximate surface area is 68.8 Å². The highest BCUT2D eigenvalue weighted by atomic mass is 16.3. The van der Waals surface area contributed by atoms with Gasteiger partial charge in [0.05, 0.1) is 5.56 Å². The molecule has 0 aliphatic carbocycles. The summed E-state index contributed by atoms with van der Waals surface area (Å²) in [5.74, 6) is -1.47. The number of phenols is 2. The zero-order valence-electron chi connectivity index (χ0n) is 6.19. The number of carbonyl (C=O) groups is 1. The van der Waals surface area contributed by atoms with Crippen LogP contribution in [0.4, 0.5) is 0 Å². The van der Waals surface area contributed by atoms with Crippen molar-refractivity contribution in [3.05, 3.63) is 23.8 Å². The van der Waals surface area contributed by atoms with E-state index in [4.69, 9.17) is 10.2 Å². The summed E-state index contributed by atoms with van der Waals surface area (Å²) in [5, 5.41) is 18.1. The number of carbonyl (C=O) groups excluding carboxylic acids is 1. The minimum Gasteiger partial charge on any atom is -0.504 e. The lowest BCUT2D eigenvalue weighted by Gasteiger charge is -2.00. The molecule has 2 N–H and O–H groups in total. The average Bonchev–Trinajstić information content (AvgIpc) is 2.08. The van der Waals surface area contributed by atoms with Crippen LogP contribution < -0.4 is 0 Å². The summed E-state index contributed by atoms with van der Waals surface area (Å²) in [6.07, 6.45) is 0. The van der Waals surface area contributed by atoms with Crippen LogP contribution in [0.5, 0.6) is 11.5 Å². The van der Waals surface area contributed by atoms with Gasteiger partial charge in [-0.15, -0.1) is 0 Å². The van der Waals surface area contributed by atoms with Gasteiger partial charge in [0.25, 0.3) is 5.91 Å². The number of rotatable bonds is 1. The van der Waals surface area contributed by atoms with E-state index in [9.17, 15) is 4.79 Å². The van der Waals surface area contributed by atoms with Crippen LogP contribution in [0, 0.1) is 0 Å². The lowest BCUT2D eigenvalue weighted by molar-refractivity contribution is 0.100. The van der Waals surface area contributed by atoms with E-state index in [0.717, 1.165) is 0 Å². The van der Waals surface area contributed by atoms with Crippen molar-refractivity contribution in [1.82, 2.24) is 0 Å². The van der Waals surface area contributed by atoms with Crippen LogP contribution in [0.1, 0.15) is 10.4 Å². The highest BCUT2D eigenvalue weighted by Gasteiger charge is 2.11. The van der Waals surface area contributed by atoms with Crippen LogP contribution in [-0.4, -0.2) is 22.8 Å². The lowest BCUT2D eigenvalue weighted by Crippen LogP contribution is -1.93. The SMILES string of the molecule is C=NC(=O)c1cccc(O)c1O. The fourth-order valence-electron chi connectivity index (χ4n) is 0.789. The van der Waals surface area contributed by atoms with Gasteiger partial charge in [0.2, 0.25) is 0 Å². The van der Waals surface area contributed by atoms with E-state index in [1.807, 2.05) is 0 Å². The zero-order valence-corrected chi connectivity index (χ0v) is 6.19. The molecule has 4 nitrogen and oxygen atoms in total. The molecule has 0 saturated heterocycles. The quantitative estimate of drug-likeness (QED) is 0.480. The first-order valence-electron chi connectivity index (χ1n) is 3.19. The number of benzene rings is 1. The van der Waals surface area contributed by atoms with E-state index >= 15 is 0 Å². The highest BCUT2D eigenvalue weighted by Crippen LogP contribution is 2.28. The first-order chi connectivity index (χ1) is 5.66. The second-order valence-electron chi connectivity index (χ2n) is 2.14. The number of para-hydroxylation sites is 1. The van der Waals surface area contributed by atoms with Crippen LogP contribution in [0.15, 0.2) is 23.2 Å². The van der Waals surface area contributed by atoms with Gasteiger partial charge in [0.15, 0.2) is 11.5 Å². The number of hydrogen-bond acceptors (Lipinski definition) is 3. The maximum atomic E-state index is 10.9. The van der Waals surface area contributed by atoms with Gasteiger partial charge in [0, 0.05) is 0 Å². The maximum absolute atomic E-state index is 10.9. The second-order valence-corrected chi connectivity index (χ2v) is 2.14. The summed E-state index contributed by atoms with van der Waals surface area (Å²) in [4.78, 5) is 14.0. The molecule has 1 aromatic carbocycles. The Balaban J connectivity index is 3.25. The molecule has 0 aliphatic heterocycles. The minimum atomic E-state index is -0.664. The zero-order chi connectivity index (χ0) is 9.14. The van der Waals surface area contributed by atoms with Crippen molar-refractivity contribution in [3.63, 3.8) is 0 Å². The molecule has 1 rings (SSSR count). The van der Waals surface area contributed by atoms with Crippen molar-refractivity contribution in [3.8, 4) is 11.5 Å². The molecule has 0 heterocycles. The monoisotopic (exact) mass is 165 g/mol. The standard InChI is InChI=1S/C8H7NO3/c1-9-8(12)5-3-2-4-6(10)7(5)11/h2-4,10-11H,1H2. The summed E-state index contributed by atoms with van der Waals surface area (Å²) in [6, 6.07) is 4.06. The normalized spacial score (nSPS) is 9.33. The summed E-state index contributed by atoms with van der Waals surface area (Å²) >= 11 is 0. The molecule has 1 aromatic rings. The van der Waals surface area contributed by atoms with Crippen molar-refractivity contribution in [2.45, 2.75) is 0 Å². The van der Waals surface area contributed by atoms with E-state index in [0.29, 0.717) is 0 Å². The van der Waals surface area contributed by atoms with Crippen molar-refractivity contribution in [2.24, 2.45) is 4.99 Å².